The van der Waals surface area contributed by atoms with Crippen LogP contribution in [0.1, 0.15) is 6.42 Å². The molecule has 0 radical (unpaired) electrons. The lowest BCUT2D eigenvalue weighted by Crippen LogP contribution is -2.29. The third-order valence-electron chi connectivity index (χ3n) is 5.44. The number of hydrogen-bond donors (Lipinski definition) is 0. The van der Waals surface area contributed by atoms with Crippen LogP contribution >= 0.6 is 23.5 Å². The second-order valence-electron chi connectivity index (χ2n) is 7.70. The lowest BCUT2D eigenvalue weighted by atomic mass is 10.3. The molecular formula is C26H32N2O2S2. The minimum Gasteiger partial charge on any atom is -0.494 e. The first kappa shape index (κ1) is 23.1. The molecule has 0 N–H and O–H groups in total. The standard InChI is InChI=1S/C26H32N2O2S2/c1-3-9-23(10-4-1)29-19-8-15-27-17-21-31-25(27)13-7-14-26-28(18-22-32-26)16-20-30-24-11-5-2-6-12-24/h1-7,9-14,25H,8,15-22H2/b13-7+,26-14-. The molecule has 2 aromatic carbocycles. The third kappa shape index (κ3) is 7.26. The van der Waals surface area contributed by atoms with Crippen molar-refractivity contribution in [3.05, 3.63) is 83.9 Å². The summed E-state index contributed by atoms with van der Waals surface area (Å²) in [6.07, 6.45) is 7.91. The molecule has 0 saturated carbocycles. The quantitative estimate of drug-likeness (QED) is 0.412. The number of ether oxygens (including phenoxy) is 2. The molecule has 1 atom stereocenters. The van der Waals surface area contributed by atoms with E-state index in [1.165, 1.54) is 10.8 Å². The summed E-state index contributed by atoms with van der Waals surface area (Å²) in [4.78, 5) is 4.99. The van der Waals surface area contributed by atoms with Gasteiger partial charge in [-0.3, -0.25) is 4.90 Å². The zero-order valence-corrected chi connectivity index (χ0v) is 20.1. The van der Waals surface area contributed by atoms with Crippen molar-refractivity contribution in [2.24, 2.45) is 0 Å². The van der Waals surface area contributed by atoms with Gasteiger partial charge >= 0.3 is 0 Å². The maximum absolute atomic E-state index is 5.87. The van der Waals surface area contributed by atoms with Gasteiger partial charge in [0.1, 0.15) is 18.1 Å². The summed E-state index contributed by atoms with van der Waals surface area (Å²) < 4.78 is 11.7. The first-order valence-electron chi connectivity index (χ1n) is 11.4. The fraction of sp³-hybridized carbons (Fsp3) is 0.385. The summed E-state index contributed by atoms with van der Waals surface area (Å²) >= 11 is 3.97. The van der Waals surface area contributed by atoms with Crippen molar-refractivity contribution < 1.29 is 9.47 Å². The molecule has 6 heteroatoms. The zero-order valence-electron chi connectivity index (χ0n) is 18.5. The first-order chi connectivity index (χ1) is 15.9. The highest BCUT2D eigenvalue weighted by Gasteiger charge is 2.22. The van der Waals surface area contributed by atoms with Gasteiger partial charge in [-0.05, 0) is 36.8 Å². The smallest absolute Gasteiger partial charge is 0.119 e. The van der Waals surface area contributed by atoms with Gasteiger partial charge in [0.2, 0.25) is 0 Å². The number of rotatable bonds is 11. The van der Waals surface area contributed by atoms with E-state index in [2.05, 4.69) is 28.0 Å². The Morgan fingerprint density at radius 1 is 0.844 bits per heavy atom. The lowest BCUT2D eigenvalue weighted by Gasteiger charge is -2.21. The Hall–Kier alpha value is -2.02. The molecule has 32 heavy (non-hydrogen) atoms. The average molecular weight is 469 g/mol. The molecule has 2 aliphatic heterocycles. The van der Waals surface area contributed by atoms with Crippen molar-refractivity contribution in [2.45, 2.75) is 11.8 Å². The molecule has 2 aliphatic rings. The van der Waals surface area contributed by atoms with Gasteiger partial charge in [-0.25, -0.2) is 0 Å². The van der Waals surface area contributed by atoms with Crippen molar-refractivity contribution >= 4 is 23.5 Å². The van der Waals surface area contributed by atoms with Gasteiger partial charge in [0.25, 0.3) is 0 Å². The van der Waals surface area contributed by atoms with Crippen LogP contribution in [0.25, 0.3) is 0 Å². The van der Waals surface area contributed by atoms with Crippen LogP contribution in [0.2, 0.25) is 0 Å². The van der Waals surface area contributed by atoms with Crippen molar-refractivity contribution in [1.29, 1.82) is 0 Å². The largest absolute Gasteiger partial charge is 0.494 e. The number of nitrogens with zero attached hydrogens (tertiary/aromatic N) is 2. The molecule has 4 nitrogen and oxygen atoms in total. The van der Waals surface area contributed by atoms with E-state index in [0.717, 1.165) is 56.5 Å². The van der Waals surface area contributed by atoms with E-state index >= 15 is 0 Å². The Bertz CT molecular complexity index is 861. The lowest BCUT2D eigenvalue weighted by molar-refractivity contribution is 0.254. The van der Waals surface area contributed by atoms with E-state index in [1.807, 2.05) is 84.2 Å². The Morgan fingerprint density at radius 2 is 1.56 bits per heavy atom. The second-order valence-corrected chi connectivity index (χ2v) is 10.0. The predicted molar refractivity (Wildman–Crippen MR) is 138 cm³/mol. The van der Waals surface area contributed by atoms with Crippen molar-refractivity contribution in [3.8, 4) is 11.5 Å². The maximum atomic E-state index is 5.87. The molecule has 2 fully saturated rings. The van der Waals surface area contributed by atoms with Gasteiger partial charge in [0.15, 0.2) is 0 Å². The van der Waals surface area contributed by atoms with E-state index in [-0.39, 0.29) is 0 Å². The monoisotopic (exact) mass is 468 g/mol. The first-order valence-corrected chi connectivity index (χ1v) is 13.4. The third-order valence-corrected chi connectivity index (χ3v) is 7.73. The normalized spacial score (nSPS) is 20.4. The predicted octanol–water partition coefficient (Wildman–Crippen LogP) is 5.36. The second kappa shape index (κ2) is 12.9. The summed E-state index contributed by atoms with van der Waals surface area (Å²) in [5.41, 5.74) is 0. The molecule has 0 amide bonds. The summed E-state index contributed by atoms with van der Waals surface area (Å²) in [7, 11) is 0. The van der Waals surface area contributed by atoms with Gasteiger partial charge in [-0.2, -0.15) is 0 Å². The molecule has 4 rings (SSSR count). The summed E-state index contributed by atoms with van der Waals surface area (Å²) in [6, 6.07) is 20.1. The Balaban J connectivity index is 1.19. The Kier molecular flexibility index (Phi) is 9.31. The molecule has 170 valence electrons. The molecule has 2 aromatic rings. The Morgan fingerprint density at radius 3 is 2.31 bits per heavy atom. The van der Waals surface area contributed by atoms with Crippen LogP contribution in [-0.2, 0) is 0 Å². The van der Waals surface area contributed by atoms with E-state index in [9.17, 15) is 0 Å². The van der Waals surface area contributed by atoms with Crippen molar-refractivity contribution in [3.63, 3.8) is 0 Å². The number of para-hydroxylation sites is 2. The van der Waals surface area contributed by atoms with E-state index in [1.54, 1.807) is 0 Å². The summed E-state index contributed by atoms with van der Waals surface area (Å²) in [5, 5.41) is 1.81. The van der Waals surface area contributed by atoms with E-state index in [4.69, 9.17) is 9.47 Å². The summed E-state index contributed by atoms with van der Waals surface area (Å²) in [5.74, 6) is 4.25. The fourth-order valence-electron chi connectivity index (χ4n) is 3.77. The van der Waals surface area contributed by atoms with Gasteiger partial charge in [0, 0.05) is 31.1 Å². The molecule has 1 unspecified atom stereocenters. The highest BCUT2D eigenvalue weighted by molar-refractivity contribution is 8.03. The van der Waals surface area contributed by atoms with Crippen molar-refractivity contribution in [2.75, 3.05) is 50.9 Å². The van der Waals surface area contributed by atoms with Crippen LogP contribution in [0, 0.1) is 0 Å². The summed E-state index contributed by atoms with van der Waals surface area (Å²) in [6.45, 7) is 5.72. The van der Waals surface area contributed by atoms with Crippen molar-refractivity contribution in [1.82, 2.24) is 9.80 Å². The molecule has 0 aromatic heterocycles. The van der Waals surface area contributed by atoms with Gasteiger partial charge in [-0.15, -0.1) is 23.5 Å². The number of hydrogen-bond acceptors (Lipinski definition) is 6. The van der Waals surface area contributed by atoms with Crippen LogP contribution in [0.3, 0.4) is 0 Å². The molecular weight excluding hydrogens is 436 g/mol. The van der Waals surface area contributed by atoms with Crippen LogP contribution in [-0.4, -0.2) is 66.1 Å². The minimum atomic E-state index is 0.463. The minimum absolute atomic E-state index is 0.463. The van der Waals surface area contributed by atoms with Gasteiger partial charge in [0.05, 0.1) is 23.6 Å². The van der Waals surface area contributed by atoms with Crippen LogP contribution < -0.4 is 9.47 Å². The molecule has 2 saturated heterocycles. The van der Waals surface area contributed by atoms with E-state index in [0.29, 0.717) is 12.0 Å². The highest BCUT2D eigenvalue weighted by Crippen LogP contribution is 2.29. The maximum Gasteiger partial charge on any atom is 0.119 e. The van der Waals surface area contributed by atoms with Gasteiger partial charge < -0.3 is 14.4 Å². The molecule has 0 aliphatic carbocycles. The number of benzene rings is 2. The van der Waals surface area contributed by atoms with Crippen LogP contribution in [0.4, 0.5) is 0 Å². The number of thioether (sulfide) groups is 2. The molecule has 0 spiro atoms. The van der Waals surface area contributed by atoms with E-state index < -0.39 is 0 Å². The van der Waals surface area contributed by atoms with Gasteiger partial charge in [-0.1, -0.05) is 48.6 Å². The average Bonchev–Trinajstić information content (AvgIpc) is 3.48. The Labute approximate surface area is 200 Å². The SMILES string of the molecule is C(/C=C/C1SCCN1CCCOc1ccccc1)=C1/SCCN1CCOc1ccccc1. The molecule has 2 heterocycles. The van der Waals surface area contributed by atoms with Crippen LogP contribution in [0.5, 0.6) is 11.5 Å². The fourth-order valence-corrected chi connectivity index (χ4v) is 6.04. The topological polar surface area (TPSA) is 24.9 Å². The molecule has 0 bridgehead atoms. The van der Waals surface area contributed by atoms with Crippen LogP contribution in [0.15, 0.2) is 83.9 Å². The number of allylic oxidation sites excluding steroid dienone is 2. The highest BCUT2D eigenvalue weighted by atomic mass is 32.2. The zero-order chi connectivity index (χ0) is 21.8.